The molecule has 0 aromatic heterocycles. The van der Waals surface area contributed by atoms with Gasteiger partial charge in [-0.05, 0) is 49.7 Å². The SMILES string of the molecule is Cc1cc(NC(C)c2ccc(O)cc2O)ccc1Br. The van der Waals surface area contributed by atoms with Gasteiger partial charge in [0.05, 0.1) is 6.04 Å². The molecule has 2 aromatic carbocycles. The first-order valence-electron chi connectivity index (χ1n) is 6.02. The minimum Gasteiger partial charge on any atom is -0.508 e. The molecule has 0 aliphatic rings. The van der Waals surface area contributed by atoms with E-state index in [4.69, 9.17) is 0 Å². The third-order valence-electron chi connectivity index (χ3n) is 3.02. The van der Waals surface area contributed by atoms with Crippen LogP contribution in [0.4, 0.5) is 5.69 Å². The van der Waals surface area contributed by atoms with Gasteiger partial charge in [-0.3, -0.25) is 0 Å². The summed E-state index contributed by atoms with van der Waals surface area (Å²) in [5.41, 5.74) is 2.88. The van der Waals surface area contributed by atoms with Gasteiger partial charge in [-0.2, -0.15) is 0 Å². The number of phenols is 2. The summed E-state index contributed by atoms with van der Waals surface area (Å²) in [7, 11) is 0. The molecule has 0 heterocycles. The van der Waals surface area contributed by atoms with Gasteiger partial charge in [-0.15, -0.1) is 0 Å². The maximum atomic E-state index is 9.83. The molecule has 2 aromatic rings. The van der Waals surface area contributed by atoms with Crippen molar-refractivity contribution in [2.45, 2.75) is 19.9 Å². The predicted octanol–water partition coefficient (Wildman–Crippen LogP) is 4.34. The van der Waals surface area contributed by atoms with Crippen LogP contribution < -0.4 is 5.32 Å². The Balaban J connectivity index is 2.20. The largest absolute Gasteiger partial charge is 0.508 e. The number of hydrogen-bond acceptors (Lipinski definition) is 3. The van der Waals surface area contributed by atoms with E-state index in [2.05, 4.69) is 21.2 Å². The van der Waals surface area contributed by atoms with Crippen LogP contribution in [0, 0.1) is 6.92 Å². The van der Waals surface area contributed by atoms with Crippen molar-refractivity contribution < 1.29 is 10.2 Å². The molecule has 100 valence electrons. The lowest BCUT2D eigenvalue weighted by atomic mass is 10.1. The van der Waals surface area contributed by atoms with E-state index >= 15 is 0 Å². The van der Waals surface area contributed by atoms with Gasteiger partial charge < -0.3 is 15.5 Å². The Labute approximate surface area is 121 Å². The van der Waals surface area contributed by atoms with E-state index in [1.165, 1.54) is 6.07 Å². The minimum atomic E-state index is -0.0545. The summed E-state index contributed by atoms with van der Waals surface area (Å²) < 4.78 is 1.07. The molecule has 0 spiro atoms. The van der Waals surface area contributed by atoms with Crippen LogP contribution in [0.1, 0.15) is 24.1 Å². The van der Waals surface area contributed by atoms with E-state index in [0.717, 1.165) is 21.3 Å². The van der Waals surface area contributed by atoms with Crippen LogP contribution in [0.2, 0.25) is 0 Å². The highest BCUT2D eigenvalue weighted by molar-refractivity contribution is 9.10. The smallest absolute Gasteiger partial charge is 0.124 e. The second kappa shape index (κ2) is 5.53. The first kappa shape index (κ1) is 13.7. The lowest BCUT2D eigenvalue weighted by Crippen LogP contribution is -2.06. The highest BCUT2D eigenvalue weighted by Gasteiger charge is 2.11. The Morgan fingerprint density at radius 2 is 1.84 bits per heavy atom. The second-order valence-corrected chi connectivity index (χ2v) is 5.43. The van der Waals surface area contributed by atoms with Crippen LogP contribution in [-0.2, 0) is 0 Å². The summed E-state index contributed by atoms with van der Waals surface area (Å²) in [4.78, 5) is 0. The zero-order valence-corrected chi connectivity index (χ0v) is 12.4. The van der Waals surface area contributed by atoms with Gasteiger partial charge in [0.1, 0.15) is 11.5 Å². The molecule has 3 nitrogen and oxygen atoms in total. The van der Waals surface area contributed by atoms with Gasteiger partial charge in [-0.1, -0.05) is 15.9 Å². The van der Waals surface area contributed by atoms with Crippen molar-refractivity contribution in [1.82, 2.24) is 0 Å². The molecule has 0 bridgehead atoms. The number of anilines is 1. The minimum absolute atomic E-state index is 0.0545. The highest BCUT2D eigenvalue weighted by atomic mass is 79.9. The fourth-order valence-corrected chi connectivity index (χ4v) is 2.21. The summed E-state index contributed by atoms with van der Waals surface area (Å²) >= 11 is 3.46. The van der Waals surface area contributed by atoms with Crippen molar-refractivity contribution >= 4 is 21.6 Å². The van der Waals surface area contributed by atoms with E-state index in [1.54, 1.807) is 12.1 Å². The summed E-state index contributed by atoms with van der Waals surface area (Å²) in [6, 6.07) is 10.6. The van der Waals surface area contributed by atoms with Crippen molar-refractivity contribution in [3.05, 3.63) is 52.0 Å². The molecule has 0 saturated carbocycles. The number of phenolic OH excluding ortho intramolecular Hbond substituents is 2. The molecule has 4 heteroatoms. The normalized spacial score (nSPS) is 12.2. The average molecular weight is 322 g/mol. The summed E-state index contributed by atoms with van der Waals surface area (Å²) in [5, 5.41) is 22.4. The summed E-state index contributed by atoms with van der Waals surface area (Å²) in [6.07, 6.45) is 0. The quantitative estimate of drug-likeness (QED) is 0.788. The van der Waals surface area contributed by atoms with E-state index in [0.29, 0.717) is 0 Å². The zero-order chi connectivity index (χ0) is 14.0. The maximum absolute atomic E-state index is 9.83. The Hall–Kier alpha value is -1.68. The zero-order valence-electron chi connectivity index (χ0n) is 10.8. The van der Waals surface area contributed by atoms with Crippen LogP contribution in [0.15, 0.2) is 40.9 Å². The number of aryl methyl sites for hydroxylation is 1. The number of hydrogen-bond donors (Lipinski definition) is 3. The van der Waals surface area contributed by atoms with Gasteiger partial charge in [-0.25, -0.2) is 0 Å². The second-order valence-electron chi connectivity index (χ2n) is 4.57. The van der Waals surface area contributed by atoms with Crippen LogP contribution in [0.5, 0.6) is 11.5 Å². The average Bonchev–Trinajstić information content (AvgIpc) is 2.33. The number of halogens is 1. The van der Waals surface area contributed by atoms with E-state index in [1.807, 2.05) is 32.0 Å². The fourth-order valence-electron chi connectivity index (χ4n) is 1.96. The van der Waals surface area contributed by atoms with Crippen LogP contribution in [0.25, 0.3) is 0 Å². The van der Waals surface area contributed by atoms with Crippen LogP contribution in [-0.4, -0.2) is 10.2 Å². The van der Waals surface area contributed by atoms with Crippen molar-refractivity contribution in [1.29, 1.82) is 0 Å². The number of aromatic hydroxyl groups is 2. The molecule has 0 amide bonds. The molecule has 1 unspecified atom stereocenters. The molecule has 0 fully saturated rings. The number of rotatable bonds is 3. The van der Waals surface area contributed by atoms with Crippen molar-refractivity contribution in [2.75, 3.05) is 5.32 Å². The van der Waals surface area contributed by atoms with E-state index in [-0.39, 0.29) is 17.5 Å². The van der Waals surface area contributed by atoms with Gasteiger partial charge in [0.15, 0.2) is 0 Å². The Morgan fingerprint density at radius 3 is 2.47 bits per heavy atom. The first-order chi connectivity index (χ1) is 8.97. The maximum Gasteiger partial charge on any atom is 0.124 e. The van der Waals surface area contributed by atoms with Gasteiger partial charge in [0.2, 0.25) is 0 Å². The standard InChI is InChI=1S/C15H16BrNO2/c1-9-7-11(3-6-14(9)16)17-10(2)13-5-4-12(18)8-15(13)19/h3-8,10,17-19H,1-2H3. The van der Waals surface area contributed by atoms with Crippen molar-refractivity contribution in [2.24, 2.45) is 0 Å². The lowest BCUT2D eigenvalue weighted by Gasteiger charge is -2.17. The lowest BCUT2D eigenvalue weighted by molar-refractivity contribution is 0.444. The number of benzene rings is 2. The van der Waals surface area contributed by atoms with E-state index in [9.17, 15) is 10.2 Å². The van der Waals surface area contributed by atoms with Gasteiger partial charge in [0.25, 0.3) is 0 Å². The Bertz CT molecular complexity index is 599. The molecule has 0 aliphatic carbocycles. The third-order valence-corrected chi connectivity index (χ3v) is 3.91. The fraction of sp³-hybridized carbons (Fsp3) is 0.200. The Morgan fingerprint density at radius 1 is 1.11 bits per heavy atom. The predicted molar refractivity (Wildman–Crippen MR) is 80.7 cm³/mol. The first-order valence-corrected chi connectivity index (χ1v) is 6.81. The molecule has 3 N–H and O–H groups in total. The number of nitrogens with one attached hydrogen (secondary N) is 1. The van der Waals surface area contributed by atoms with Gasteiger partial charge >= 0.3 is 0 Å². The molecule has 19 heavy (non-hydrogen) atoms. The molecule has 0 radical (unpaired) electrons. The monoisotopic (exact) mass is 321 g/mol. The highest BCUT2D eigenvalue weighted by Crippen LogP contribution is 2.30. The molecule has 0 aliphatic heterocycles. The summed E-state index contributed by atoms with van der Waals surface area (Å²) in [5.74, 6) is 0.154. The summed E-state index contributed by atoms with van der Waals surface area (Å²) in [6.45, 7) is 3.99. The molecular weight excluding hydrogens is 306 g/mol. The van der Waals surface area contributed by atoms with Crippen molar-refractivity contribution in [3.8, 4) is 11.5 Å². The Kier molecular flexibility index (Phi) is 4.00. The van der Waals surface area contributed by atoms with Crippen LogP contribution >= 0.6 is 15.9 Å². The molecule has 1 atom stereocenters. The van der Waals surface area contributed by atoms with Crippen molar-refractivity contribution in [3.63, 3.8) is 0 Å². The van der Waals surface area contributed by atoms with Gasteiger partial charge in [0, 0.05) is 21.8 Å². The molecular formula is C15H16BrNO2. The topological polar surface area (TPSA) is 52.5 Å². The molecule has 0 saturated heterocycles. The molecule has 2 rings (SSSR count). The van der Waals surface area contributed by atoms with Crippen LogP contribution in [0.3, 0.4) is 0 Å². The van der Waals surface area contributed by atoms with E-state index < -0.39 is 0 Å². The third kappa shape index (κ3) is 3.20.